The zero-order chi connectivity index (χ0) is 18.1. The Bertz CT molecular complexity index is 740. The summed E-state index contributed by atoms with van der Waals surface area (Å²) in [6.45, 7) is 2.70. The second kappa shape index (κ2) is 7.17. The number of anilines is 1. The van der Waals surface area contributed by atoms with Crippen LogP contribution in [0.3, 0.4) is 0 Å². The van der Waals surface area contributed by atoms with Crippen LogP contribution in [0.15, 0.2) is 36.7 Å². The number of fused-ring (bicyclic) bond motifs is 1. The number of aromatic nitrogens is 2. The Kier molecular flexibility index (Phi) is 4.74. The molecular formula is C19H23FN4O2. The molecule has 0 amide bonds. The molecule has 0 radical (unpaired) electrons. The molecule has 1 saturated heterocycles. The minimum atomic E-state index is -0.499. The molecule has 2 fully saturated rings. The summed E-state index contributed by atoms with van der Waals surface area (Å²) in [6.07, 6.45) is 4.31. The van der Waals surface area contributed by atoms with E-state index >= 15 is 0 Å². The fourth-order valence-corrected chi connectivity index (χ4v) is 4.14. The molecule has 1 aliphatic heterocycles. The minimum absolute atomic E-state index is 0.249. The zero-order valence-electron chi connectivity index (χ0n) is 14.5. The molecule has 138 valence electrons. The summed E-state index contributed by atoms with van der Waals surface area (Å²) in [7, 11) is 0. The average Bonchev–Trinajstić information content (AvgIpc) is 3.00. The number of nitrogen functional groups attached to an aromatic ring is 1. The summed E-state index contributed by atoms with van der Waals surface area (Å²) in [6, 6.07) is 5.96. The van der Waals surface area contributed by atoms with Crippen LogP contribution < -0.4 is 10.5 Å². The Morgan fingerprint density at radius 1 is 1.12 bits per heavy atom. The number of aliphatic hydroxyl groups is 1. The van der Waals surface area contributed by atoms with Gasteiger partial charge >= 0.3 is 0 Å². The number of rotatable bonds is 4. The number of aliphatic hydroxyl groups excluding tert-OH is 1. The molecule has 2 heterocycles. The summed E-state index contributed by atoms with van der Waals surface area (Å²) in [4.78, 5) is 10.5. The quantitative estimate of drug-likeness (QED) is 0.868. The number of hydrogen-bond donors (Lipinski definition) is 2. The second-order valence-corrected chi connectivity index (χ2v) is 7.31. The van der Waals surface area contributed by atoms with Crippen LogP contribution in [0, 0.1) is 17.7 Å². The van der Waals surface area contributed by atoms with Crippen LogP contribution in [0.25, 0.3) is 0 Å². The lowest BCUT2D eigenvalue weighted by atomic mass is 9.78. The van der Waals surface area contributed by atoms with Gasteiger partial charge in [0.15, 0.2) is 0 Å². The van der Waals surface area contributed by atoms with Crippen LogP contribution >= 0.6 is 0 Å². The van der Waals surface area contributed by atoms with Gasteiger partial charge in [-0.05, 0) is 48.9 Å². The van der Waals surface area contributed by atoms with E-state index in [1.165, 1.54) is 12.1 Å². The highest BCUT2D eigenvalue weighted by Gasteiger charge is 2.42. The molecule has 2 aromatic rings. The number of likely N-dealkylation sites (tertiary alicyclic amines) is 1. The molecule has 0 spiro atoms. The van der Waals surface area contributed by atoms with E-state index in [0.717, 1.165) is 38.0 Å². The minimum Gasteiger partial charge on any atom is -0.488 e. The third-order valence-corrected chi connectivity index (χ3v) is 5.39. The molecule has 4 rings (SSSR count). The van der Waals surface area contributed by atoms with E-state index in [2.05, 4.69) is 14.9 Å². The molecule has 7 heteroatoms. The van der Waals surface area contributed by atoms with E-state index in [1.807, 2.05) is 0 Å². The van der Waals surface area contributed by atoms with Gasteiger partial charge in [0.1, 0.15) is 17.7 Å². The van der Waals surface area contributed by atoms with E-state index in [1.54, 1.807) is 24.5 Å². The average molecular weight is 358 g/mol. The molecule has 1 aliphatic carbocycles. The van der Waals surface area contributed by atoms with Crippen molar-refractivity contribution in [1.82, 2.24) is 14.9 Å². The van der Waals surface area contributed by atoms with E-state index in [9.17, 15) is 9.50 Å². The molecule has 1 aromatic heterocycles. The fourth-order valence-electron chi connectivity index (χ4n) is 4.14. The van der Waals surface area contributed by atoms with Crippen molar-refractivity contribution >= 4 is 5.95 Å². The molecule has 2 aliphatic rings. The Morgan fingerprint density at radius 3 is 2.46 bits per heavy atom. The number of ether oxygens (including phenoxy) is 1. The Hall–Kier alpha value is -2.25. The van der Waals surface area contributed by atoms with Gasteiger partial charge in [-0.3, -0.25) is 4.90 Å². The van der Waals surface area contributed by atoms with Gasteiger partial charge in [-0.25, -0.2) is 14.4 Å². The van der Waals surface area contributed by atoms with Crippen LogP contribution in [-0.4, -0.2) is 45.3 Å². The van der Waals surface area contributed by atoms with Gasteiger partial charge in [0.2, 0.25) is 5.95 Å². The van der Waals surface area contributed by atoms with Gasteiger partial charge in [-0.15, -0.1) is 0 Å². The fraction of sp³-hybridized carbons (Fsp3) is 0.474. The highest BCUT2D eigenvalue weighted by molar-refractivity contribution is 5.23. The molecule has 0 bridgehead atoms. The largest absolute Gasteiger partial charge is 0.488 e. The maximum atomic E-state index is 13.0. The van der Waals surface area contributed by atoms with E-state index in [-0.39, 0.29) is 17.9 Å². The summed E-state index contributed by atoms with van der Waals surface area (Å²) in [5.41, 5.74) is 6.57. The topological polar surface area (TPSA) is 84.5 Å². The van der Waals surface area contributed by atoms with Crippen molar-refractivity contribution in [1.29, 1.82) is 0 Å². The van der Waals surface area contributed by atoms with Crippen molar-refractivity contribution in [3.05, 3.63) is 48.0 Å². The standard InChI is InChI=1S/C19H23FN4O2/c20-15-1-3-16(4-2-15)26-18-6-14-11-24(10-13(14)5-17(18)25)9-12-7-22-19(21)23-8-12/h1-4,7-8,13-14,17-18,25H,5-6,9-11H2,(H2,21,22,23)/t13-,14+,17+,18+/m0/s1. The van der Waals surface area contributed by atoms with Gasteiger partial charge in [0.25, 0.3) is 0 Å². The number of benzene rings is 1. The number of nitrogens with two attached hydrogens (primary N) is 1. The first-order chi connectivity index (χ1) is 12.6. The lowest BCUT2D eigenvalue weighted by molar-refractivity contribution is -0.0231. The van der Waals surface area contributed by atoms with Crippen molar-refractivity contribution in [3.63, 3.8) is 0 Å². The van der Waals surface area contributed by atoms with Crippen LogP contribution in [0.1, 0.15) is 18.4 Å². The molecule has 0 unspecified atom stereocenters. The smallest absolute Gasteiger partial charge is 0.219 e. The first-order valence-corrected chi connectivity index (χ1v) is 8.96. The lowest BCUT2D eigenvalue weighted by Crippen LogP contribution is -2.42. The Balaban J connectivity index is 1.37. The second-order valence-electron chi connectivity index (χ2n) is 7.31. The van der Waals surface area contributed by atoms with Gasteiger partial charge < -0.3 is 15.6 Å². The summed E-state index contributed by atoms with van der Waals surface area (Å²) in [5.74, 6) is 1.54. The van der Waals surface area contributed by atoms with Crippen molar-refractivity contribution in [2.24, 2.45) is 11.8 Å². The van der Waals surface area contributed by atoms with E-state index in [4.69, 9.17) is 10.5 Å². The molecular weight excluding hydrogens is 335 g/mol. The highest BCUT2D eigenvalue weighted by atomic mass is 19.1. The van der Waals surface area contributed by atoms with Crippen molar-refractivity contribution < 1.29 is 14.2 Å². The Morgan fingerprint density at radius 2 is 1.77 bits per heavy atom. The van der Waals surface area contributed by atoms with Gasteiger partial charge in [0, 0.05) is 37.6 Å². The molecule has 3 N–H and O–H groups in total. The third-order valence-electron chi connectivity index (χ3n) is 5.39. The first-order valence-electron chi connectivity index (χ1n) is 8.96. The molecule has 1 saturated carbocycles. The molecule has 26 heavy (non-hydrogen) atoms. The molecule has 6 nitrogen and oxygen atoms in total. The Labute approximate surface area is 151 Å². The molecule has 4 atom stereocenters. The van der Waals surface area contributed by atoms with Crippen LogP contribution in [0.5, 0.6) is 5.75 Å². The van der Waals surface area contributed by atoms with Crippen molar-refractivity contribution in [2.75, 3.05) is 18.8 Å². The maximum Gasteiger partial charge on any atom is 0.219 e. The van der Waals surface area contributed by atoms with Crippen LogP contribution in [0.2, 0.25) is 0 Å². The van der Waals surface area contributed by atoms with Gasteiger partial charge in [-0.2, -0.15) is 0 Å². The van der Waals surface area contributed by atoms with E-state index in [0.29, 0.717) is 17.6 Å². The number of hydrogen-bond acceptors (Lipinski definition) is 6. The van der Waals surface area contributed by atoms with Crippen molar-refractivity contribution in [2.45, 2.75) is 31.6 Å². The van der Waals surface area contributed by atoms with Crippen molar-refractivity contribution in [3.8, 4) is 5.75 Å². The zero-order valence-corrected chi connectivity index (χ0v) is 14.5. The van der Waals surface area contributed by atoms with Gasteiger partial charge in [-0.1, -0.05) is 0 Å². The summed E-state index contributed by atoms with van der Waals surface area (Å²) >= 11 is 0. The number of halogens is 1. The predicted octanol–water partition coefficient (Wildman–Crippen LogP) is 1.85. The third kappa shape index (κ3) is 3.78. The normalized spacial score (nSPS) is 28.7. The van der Waals surface area contributed by atoms with Crippen LogP contribution in [0.4, 0.5) is 10.3 Å². The van der Waals surface area contributed by atoms with Gasteiger partial charge in [0.05, 0.1) is 6.10 Å². The lowest BCUT2D eigenvalue weighted by Gasteiger charge is -2.35. The van der Waals surface area contributed by atoms with Crippen LogP contribution in [-0.2, 0) is 6.54 Å². The van der Waals surface area contributed by atoms with E-state index < -0.39 is 6.10 Å². The summed E-state index contributed by atoms with van der Waals surface area (Å²) < 4.78 is 19.0. The SMILES string of the molecule is Nc1ncc(CN2C[C@H]3C[C@@H](Oc4ccc(F)cc4)[C@H](O)C[C@H]3C2)cn1. The molecule has 1 aromatic carbocycles. The highest BCUT2D eigenvalue weighted by Crippen LogP contribution is 2.38. The first kappa shape index (κ1) is 17.2. The predicted molar refractivity (Wildman–Crippen MR) is 94.8 cm³/mol. The monoisotopic (exact) mass is 358 g/mol. The number of nitrogens with zero attached hydrogens (tertiary/aromatic N) is 3. The maximum absolute atomic E-state index is 13.0. The summed E-state index contributed by atoms with van der Waals surface area (Å²) in [5, 5.41) is 10.5.